The van der Waals surface area contributed by atoms with Crippen molar-refractivity contribution in [3.8, 4) is 11.5 Å². The smallest absolute Gasteiger partial charge is 0.249 e. The van der Waals surface area contributed by atoms with Gasteiger partial charge in [-0.25, -0.2) is 4.39 Å². The molecule has 0 amide bonds. The van der Waals surface area contributed by atoms with E-state index in [9.17, 15) is 4.39 Å². The van der Waals surface area contributed by atoms with Crippen LogP contribution >= 0.6 is 0 Å². The summed E-state index contributed by atoms with van der Waals surface area (Å²) in [6.45, 7) is 6.60. The zero-order valence-electron chi connectivity index (χ0n) is 10.6. The van der Waals surface area contributed by atoms with Crippen LogP contribution in [0.4, 0.5) is 4.39 Å². The fourth-order valence-corrected chi connectivity index (χ4v) is 1.31. The van der Waals surface area contributed by atoms with Crippen LogP contribution in [0.3, 0.4) is 0 Å². The van der Waals surface area contributed by atoms with Crippen molar-refractivity contribution in [2.75, 3.05) is 0 Å². The van der Waals surface area contributed by atoms with Crippen molar-refractivity contribution in [3.05, 3.63) is 30.2 Å². The summed E-state index contributed by atoms with van der Waals surface area (Å²) in [5.41, 5.74) is 0.444. The Bertz CT molecular complexity index is 533. The van der Waals surface area contributed by atoms with E-state index in [1.165, 1.54) is 12.3 Å². The summed E-state index contributed by atoms with van der Waals surface area (Å²) in [5, 5.41) is 11.0. The van der Waals surface area contributed by atoms with Crippen LogP contribution in [-0.4, -0.2) is 20.7 Å². The molecule has 6 heteroatoms. The summed E-state index contributed by atoms with van der Waals surface area (Å²) < 4.78 is 18.4. The van der Waals surface area contributed by atoms with Gasteiger partial charge in [0.1, 0.15) is 5.82 Å². The number of hydrogen-bond donors (Lipinski definition) is 1. The molecule has 0 unspecified atom stereocenters. The molecular weight excluding hydrogens is 235 g/mol. The molecule has 0 spiro atoms. The molecule has 0 saturated carbocycles. The van der Waals surface area contributed by atoms with Gasteiger partial charge < -0.3 is 9.73 Å². The summed E-state index contributed by atoms with van der Waals surface area (Å²) in [5.74, 6) is 0.303. The third-order valence-corrected chi connectivity index (χ3v) is 2.19. The van der Waals surface area contributed by atoms with E-state index in [-0.39, 0.29) is 11.4 Å². The van der Waals surface area contributed by atoms with Gasteiger partial charge >= 0.3 is 0 Å². The molecule has 0 aliphatic heterocycles. The lowest BCUT2D eigenvalue weighted by Crippen LogP contribution is -2.35. The van der Waals surface area contributed by atoms with Crippen molar-refractivity contribution >= 4 is 0 Å². The van der Waals surface area contributed by atoms with Gasteiger partial charge in [-0.1, -0.05) is 0 Å². The second-order valence-electron chi connectivity index (χ2n) is 5.00. The normalized spacial score (nSPS) is 11.8. The van der Waals surface area contributed by atoms with E-state index in [0.29, 0.717) is 18.0 Å². The molecule has 0 fully saturated rings. The Morgan fingerprint density at radius 3 is 2.72 bits per heavy atom. The highest BCUT2D eigenvalue weighted by atomic mass is 19.1. The van der Waals surface area contributed by atoms with Crippen molar-refractivity contribution in [2.24, 2.45) is 0 Å². The van der Waals surface area contributed by atoms with Gasteiger partial charge in [0.05, 0.1) is 18.3 Å². The van der Waals surface area contributed by atoms with E-state index in [4.69, 9.17) is 4.42 Å². The summed E-state index contributed by atoms with van der Waals surface area (Å²) in [6.07, 6.45) is 2.61. The third-order valence-electron chi connectivity index (χ3n) is 2.19. The van der Waals surface area contributed by atoms with Gasteiger partial charge in [-0.2, -0.15) is 0 Å². The molecule has 0 aliphatic carbocycles. The van der Waals surface area contributed by atoms with Crippen molar-refractivity contribution in [1.29, 1.82) is 0 Å². The second-order valence-corrected chi connectivity index (χ2v) is 5.00. The maximum absolute atomic E-state index is 13.0. The minimum absolute atomic E-state index is 0.0327. The zero-order chi connectivity index (χ0) is 13.2. The van der Waals surface area contributed by atoms with E-state index in [1.807, 2.05) is 20.8 Å². The number of rotatable bonds is 3. The summed E-state index contributed by atoms with van der Waals surface area (Å²) in [4.78, 5) is 3.74. The number of pyridine rings is 1. The molecule has 0 saturated heterocycles. The lowest BCUT2D eigenvalue weighted by Gasteiger charge is -2.18. The number of nitrogens with zero attached hydrogens (tertiary/aromatic N) is 3. The minimum atomic E-state index is -0.430. The molecule has 2 aromatic rings. The molecule has 5 nitrogen and oxygen atoms in total. The van der Waals surface area contributed by atoms with Gasteiger partial charge in [-0.3, -0.25) is 4.98 Å². The Morgan fingerprint density at radius 1 is 1.28 bits per heavy atom. The van der Waals surface area contributed by atoms with Gasteiger partial charge in [0, 0.05) is 11.7 Å². The standard InChI is InChI=1S/C12H15FN4O/c1-12(2,3)15-7-10-16-17-11(18-10)8-4-9(13)6-14-5-8/h4-6,15H,7H2,1-3H3. The van der Waals surface area contributed by atoms with Crippen LogP contribution in [0.5, 0.6) is 0 Å². The lowest BCUT2D eigenvalue weighted by molar-refractivity contribution is 0.383. The highest BCUT2D eigenvalue weighted by Gasteiger charge is 2.13. The van der Waals surface area contributed by atoms with Gasteiger partial charge in [0.15, 0.2) is 0 Å². The van der Waals surface area contributed by atoms with E-state index in [2.05, 4.69) is 20.5 Å². The minimum Gasteiger partial charge on any atom is -0.419 e. The SMILES string of the molecule is CC(C)(C)NCc1nnc(-c2cncc(F)c2)o1. The van der Waals surface area contributed by atoms with E-state index >= 15 is 0 Å². The molecule has 0 radical (unpaired) electrons. The first-order chi connectivity index (χ1) is 8.44. The molecule has 0 bridgehead atoms. The second kappa shape index (κ2) is 4.81. The van der Waals surface area contributed by atoms with Crippen LogP contribution in [0.25, 0.3) is 11.5 Å². The van der Waals surface area contributed by atoms with Gasteiger partial charge in [-0.15, -0.1) is 10.2 Å². The predicted molar refractivity (Wildman–Crippen MR) is 64.1 cm³/mol. The molecule has 2 heterocycles. The Hall–Kier alpha value is -1.82. The molecule has 0 aromatic carbocycles. The molecule has 2 aromatic heterocycles. The quantitative estimate of drug-likeness (QED) is 0.904. The fraction of sp³-hybridized carbons (Fsp3) is 0.417. The van der Waals surface area contributed by atoms with Crippen molar-refractivity contribution in [2.45, 2.75) is 32.9 Å². The lowest BCUT2D eigenvalue weighted by atomic mass is 10.1. The zero-order valence-corrected chi connectivity index (χ0v) is 10.6. The van der Waals surface area contributed by atoms with Crippen molar-refractivity contribution in [1.82, 2.24) is 20.5 Å². The van der Waals surface area contributed by atoms with Crippen LogP contribution in [-0.2, 0) is 6.54 Å². The van der Waals surface area contributed by atoms with Crippen LogP contribution in [0.1, 0.15) is 26.7 Å². The molecule has 0 aliphatic rings. The molecule has 0 atom stereocenters. The first kappa shape index (κ1) is 12.6. The Kier molecular flexibility index (Phi) is 3.38. The molecule has 2 rings (SSSR count). The van der Waals surface area contributed by atoms with Crippen molar-refractivity contribution in [3.63, 3.8) is 0 Å². The molecule has 18 heavy (non-hydrogen) atoms. The maximum atomic E-state index is 13.0. The fourth-order valence-electron chi connectivity index (χ4n) is 1.31. The summed E-state index contributed by atoms with van der Waals surface area (Å²) in [7, 11) is 0. The maximum Gasteiger partial charge on any atom is 0.249 e. The number of halogens is 1. The number of hydrogen-bond acceptors (Lipinski definition) is 5. The molecule has 1 N–H and O–H groups in total. The van der Waals surface area contributed by atoms with Gasteiger partial charge in [-0.05, 0) is 26.8 Å². The number of aromatic nitrogens is 3. The first-order valence-electron chi connectivity index (χ1n) is 5.62. The summed E-state index contributed by atoms with van der Waals surface area (Å²) >= 11 is 0. The van der Waals surface area contributed by atoms with E-state index < -0.39 is 5.82 Å². The largest absolute Gasteiger partial charge is 0.419 e. The van der Waals surface area contributed by atoms with E-state index in [1.54, 1.807) is 0 Å². The highest BCUT2D eigenvalue weighted by Crippen LogP contribution is 2.17. The predicted octanol–water partition coefficient (Wildman–Crippen LogP) is 2.16. The van der Waals surface area contributed by atoms with Crippen molar-refractivity contribution < 1.29 is 8.81 Å². The third kappa shape index (κ3) is 3.33. The number of nitrogens with one attached hydrogen (secondary N) is 1. The van der Waals surface area contributed by atoms with Crippen LogP contribution < -0.4 is 5.32 Å². The Balaban J connectivity index is 2.11. The van der Waals surface area contributed by atoms with Gasteiger partial charge in [0.25, 0.3) is 0 Å². The Morgan fingerprint density at radius 2 is 2.06 bits per heavy atom. The highest BCUT2D eigenvalue weighted by molar-refractivity contribution is 5.50. The first-order valence-corrected chi connectivity index (χ1v) is 5.62. The van der Waals surface area contributed by atoms with Crippen LogP contribution in [0.2, 0.25) is 0 Å². The van der Waals surface area contributed by atoms with Crippen LogP contribution in [0.15, 0.2) is 22.9 Å². The average Bonchev–Trinajstić information content (AvgIpc) is 2.74. The topological polar surface area (TPSA) is 63.8 Å². The monoisotopic (exact) mass is 250 g/mol. The van der Waals surface area contributed by atoms with Crippen LogP contribution in [0, 0.1) is 5.82 Å². The van der Waals surface area contributed by atoms with Gasteiger partial charge in [0.2, 0.25) is 11.8 Å². The Labute approximate surface area is 104 Å². The van der Waals surface area contributed by atoms with E-state index in [0.717, 1.165) is 6.20 Å². The average molecular weight is 250 g/mol. The molecule has 96 valence electrons. The summed E-state index contributed by atoms with van der Waals surface area (Å²) in [6, 6.07) is 1.31. The molecular formula is C12H15FN4O.